The van der Waals surface area contributed by atoms with Crippen molar-refractivity contribution < 1.29 is 0 Å². The molecule has 0 radical (unpaired) electrons. The summed E-state index contributed by atoms with van der Waals surface area (Å²) in [5, 5.41) is 11.5. The molecule has 0 saturated heterocycles. The lowest BCUT2D eigenvalue weighted by Gasteiger charge is -2.09. The Balaban J connectivity index is 1.68. The molecule has 0 amide bonds. The molecule has 3 rings (SSSR count). The van der Waals surface area contributed by atoms with E-state index in [0.717, 1.165) is 22.6 Å². The van der Waals surface area contributed by atoms with Crippen LogP contribution in [0.1, 0.15) is 5.56 Å². The Kier molecular flexibility index (Phi) is 3.33. The fourth-order valence-corrected chi connectivity index (χ4v) is 1.95. The fourth-order valence-electron chi connectivity index (χ4n) is 1.95. The van der Waals surface area contributed by atoms with E-state index in [-0.39, 0.29) is 0 Å². The van der Waals surface area contributed by atoms with Crippen molar-refractivity contribution in [3.8, 4) is 5.69 Å². The topological polar surface area (TPSA) is 68.8 Å². The van der Waals surface area contributed by atoms with Crippen LogP contribution in [0.5, 0.6) is 0 Å². The molecule has 0 bridgehead atoms. The molecule has 0 saturated carbocycles. The average molecular weight is 265 g/mol. The van der Waals surface area contributed by atoms with Crippen molar-refractivity contribution in [2.45, 2.75) is 6.54 Å². The second kappa shape index (κ2) is 5.44. The summed E-state index contributed by atoms with van der Waals surface area (Å²) in [6, 6.07) is 15.8. The highest BCUT2D eigenvalue weighted by Gasteiger charge is 2.00. The van der Waals surface area contributed by atoms with E-state index in [9.17, 15) is 0 Å². The number of anilines is 2. The van der Waals surface area contributed by atoms with Gasteiger partial charge in [-0.15, -0.1) is 0 Å². The minimum absolute atomic E-state index is 0.700. The van der Waals surface area contributed by atoms with E-state index in [1.165, 1.54) is 0 Å². The number of nitrogen functional groups attached to an aromatic ring is 1. The third-order valence-corrected chi connectivity index (χ3v) is 3.06. The molecular weight excluding hydrogens is 250 g/mol. The first-order valence-electron chi connectivity index (χ1n) is 6.37. The van der Waals surface area contributed by atoms with Crippen LogP contribution in [0.4, 0.5) is 11.4 Å². The van der Waals surface area contributed by atoms with Crippen molar-refractivity contribution in [3.05, 3.63) is 66.5 Å². The number of nitrogens with one attached hydrogen (secondary N) is 1. The monoisotopic (exact) mass is 265 g/mol. The zero-order valence-corrected chi connectivity index (χ0v) is 10.9. The number of rotatable bonds is 4. The third kappa shape index (κ3) is 2.61. The number of hydrogen-bond donors (Lipinski definition) is 2. The molecule has 2 aromatic carbocycles. The van der Waals surface area contributed by atoms with Gasteiger partial charge in [0.2, 0.25) is 0 Å². The van der Waals surface area contributed by atoms with E-state index >= 15 is 0 Å². The summed E-state index contributed by atoms with van der Waals surface area (Å²) in [7, 11) is 0. The first kappa shape index (κ1) is 12.2. The third-order valence-electron chi connectivity index (χ3n) is 3.06. The van der Waals surface area contributed by atoms with E-state index < -0.39 is 0 Å². The van der Waals surface area contributed by atoms with Gasteiger partial charge in [0.15, 0.2) is 0 Å². The minimum Gasteiger partial charge on any atom is -0.398 e. The number of nitrogens with zero attached hydrogens (tertiary/aromatic N) is 3. The molecule has 1 aromatic heterocycles. The summed E-state index contributed by atoms with van der Waals surface area (Å²) >= 11 is 0. The molecule has 0 aliphatic heterocycles. The quantitative estimate of drug-likeness (QED) is 0.711. The standard InChI is InChI=1S/C15H15N5/c16-15-4-2-1-3-12(15)11-17-13-5-7-14(8-6-13)20-18-9-10-19-20/h1-10,17H,11,16H2. The molecular formula is C15H15N5. The Bertz CT molecular complexity index is 674. The van der Waals surface area contributed by atoms with Crippen LogP contribution >= 0.6 is 0 Å². The number of aromatic nitrogens is 3. The van der Waals surface area contributed by atoms with Gasteiger partial charge in [0.1, 0.15) is 0 Å². The summed E-state index contributed by atoms with van der Waals surface area (Å²) in [6.45, 7) is 0.700. The van der Waals surface area contributed by atoms with Crippen molar-refractivity contribution in [2.24, 2.45) is 0 Å². The molecule has 100 valence electrons. The highest BCUT2D eigenvalue weighted by molar-refractivity contribution is 5.52. The second-order valence-electron chi connectivity index (χ2n) is 4.42. The molecule has 3 aromatic rings. The summed E-state index contributed by atoms with van der Waals surface area (Å²) in [5.41, 5.74) is 9.77. The molecule has 0 spiro atoms. The molecule has 0 aliphatic carbocycles. The van der Waals surface area contributed by atoms with Crippen molar-refractivity contribution in [3.63, 3.8) is 0 Å². The maximum Gasteiger partial charge on any atom is 0.0858 e. The largest absolute Gasteiger partial charge is 0.398 e. The predicted octanol–water partition coefficient (Wildman–Crippen LogP) is 2.46. The van der Waals surface area contributed by atoms with Crippen molar-refractivity contribution in [2.75, 3.05) is 11.1 Å². The number of benzene rings is 2. The van der Waals surface area contributed by atoms with Gasteiger partial charge in [0, 0.05) is 17.9 Å². The van der Waals surface area contributed by atoms with Gasteiger partial charge < -0.3 is 11.1 Å². The van der Waals surface area contributed by atoms with Gasteiger partial charge in [-0.3, -0.25) is 0 Å². The van der Waals surface area contributed by atoms with Crippen LogP contribution in [0.25, 0.3) is 5.69 Å². The smallest absolute Gasteiger partial charge is 0.0858 e. The maximum absolute atomic E-state index is 5.91. The first-order valence-corrected chi connectivity index (χ1v) is 6.37. The van der Waals surface area contributed by atoms with Crippen LogP contribution in [0.2, 0.25) is 0 Å². The molecule has 0 atom stereocenters. The Morgan fingerprint density at radius 1 is 0.950 bits per heavy atom. The molecule has 3 N–H and O–H groups in total. The van der Waals surface area contributed by atoms with Crippen molar-refractivity contribution >= 4 is 11.4 Å². The van der Waals surface area contributed by atoms with Gasteiger partial charge in [-0.2, -0.15) is 15.0 Å². The normalized spacial score (nSPS) is 10.4. The molecule has 1 heterocycles. The molecule has 0 aliphatic rings. The van der Waals surface area contributed by atoms with Gasteiger partial charge in [0.25, 0.3) is 0 Å². The molecule has 0 unspecified atom stereocenters. The SMILES string of the molecule is Nc1ccccc1CNc1ccc(-n2nccn2)cc1. The summed E-state index contributed by atoms with van der Waals surface area (Å²) in [5.74, 6) is 0. The summed E-state index contributed by atoms with van der Waals surface area (Å²) < 4.78 is 0. The van der Waals surface area contributed by atoms with Gasteiger partial charge in [-0.05, 0) is 35.9 Å². The summed E-state index contributed by atoms with van der Waals surface area (Å²) in [6.07, 6.45) is 3.31. The Hall–Kier alpha value is -2.82. The summed E-state index contributed by atoms with van der Waals surface area (Å²) in [4.78, 5) is 1.58. The molecule has 20 heavy (non-hydrogen) atoms. The van der Waals surface area contributed by atoms with Crippen LogP contribution < -0.4 is 11.1 Å². The van der Waals surface area contributed by atoms with Gasteiger partial charge in [-0.1, -0.05) is 18.2 Å². The first-order chi connectivity index (χ1) is 9.83. The molecule has 5 nitrogen and oxygen atoms in total. The highest BCUT2D eigenvalue weighted by Crippen LogP contribution is 2.15. The average Bonchev–Trinajstić information content (AvgIpc) is 3.01. The van der Waals surface area contributed by atoms with E-state index in [1.54, 1.807) is 17.2 Å². The van der Waals surface area contributed by atoms with Crippen LogP contribution in [-0.2, 0) is 6.54 Å². The zero-order valence-electron chi connectivity index (χ0n) is 10.9. The van der Waals surface area contributed by atoms with Crippen LogP contribution in [0.15, 0.2) is 60.9 Å². The van der Waals surface area contributed by atoms with Crippen LogP contribution in [-0.4, -0.2) is 15.0 Å². The van der Waals surface area contributed by atoms with Gasteiger partial charge in [-0.25, -0.2) is 0 Å². The number of para-hydroxylation sites is 1. The van der Waals surface area contributed by atoms with Gasteiger partial charge in [0.05, 0.1) is 18.1 Å². The van der Waals surface area contributed by atoms with E-state index in [4.69, 9.17) is 5.73 Å². The van der Waals surface area contributed by atoms with Crippen LogP contribution in [0.3, 0.4) is 0 Å². The number of nitrogens with two attached hydrogens (primary N) is 1. The van der Waals surface area contributed by atoms with Crippen LogP contribution in [0, 0.1) is 0 Å². The van der Waals surface area contributed by atoms with E-state index in [0.29, 0.717) is 6.54 Å². The Morgan fingerprint density at radius 2 is 1.65 bits per heavy atom. The lowest BCUT2D eigenvalue weighted by molar-refractivity contribution is 0.752. The van der Waals surface area contributed by atoms with Gasteiger partial charge >= 0.3 is 0 Å². The van der Waals surface area contributed by atoms with Crippen molar-refractivity contribution in [1.82, 2.24) is 15.0 Å². The molecule has 0 fully saturated rings. The zero-order chi connectivity index (χ0) is 13.8. The lowest BCUT2D eigenvalue weighted by Crippen LogP contribution is -2.03. The lowest BCUT2D eigenvalue weighted by atomic mass is 10.2. The van der Waals surface area contributed by atoms with Crippen molar-refractivity contribution in [1.29, 1.82) is 0 Å². The predicted molar refractivity (Wildman–Crippen MR) is 79.5 cm³/mol. The Labute approximate surface area is 117 Å². The minimum atomic E-state index is 0.700. The second-order valence-corrected chi connectivity index (χ2v) is 4.42. The Morgan fingerprint density at radius 3 is 2.35 bits per heavy atom. The van der Waals surface area contributed by atoms with E-state index in [1.807, 2.05) is 48.5 Å². The van der Waals surface area contributed by atoms with E-state index in [2.05, 4.69) is 15.5 Å². The highest BCUT2D eigenvalue weighted by atomic mass is 15.5. The fraction of sp³-hybridized carbons (Fsp3) is 0.0667. The maximum atomic E-state index is 5.91. The number of hydrogen-bond acceptors (Lipinski definition) is 4. The molecule has 5 heteroatoms.